The third-order valence-corrected chi connectivity index (χ3v) is 6.08. The highest BCUT2D eigenvalue weighted by Gasteiger charge is 2.17. The van der Waals surface area contributed by atoms with Crippen LogP contribution in [0.5, 0.6) is 0 Å². The Labute approximate surface area is 152 Å². The highest BCUT2D eigenvalue weighted by atomic mass is 32.2. The standard InChI is InChI=1S/C19H21N3O3S/c1-22(2)26(24,25)16-9-7-14(8-10-16)19(23)20-12-11-15-13-21-18-6-4-3-5-17(15)18/h3-10,13,21H,11-12H2,1-2H3,(H,20,23). The number of carbonyl (C=O) groups is 1. The van der Waals surface area contributed by atoms with Gasteiger partial charge in [-0.3, -0.25) is 4.79 Å². The van der Waals surface area contributed by atoms with Crippen LogP contribution in [0.3, 0.4) is 0 Å². The average molecular weight is 371 g/mol. The van der Waals surface area contributed by atoms with Gasteiger partial charge in [-0.15, -0.1) is 0 Å². The summed E-state index contributed by atoms with van der Waals surface area (Å²) in [5.41, 5.74) is 2.65. The minimum Gasteiger partial charge on any atom is -0.361 e. The van der Waals surface area contributed by atoms with Gasteiger partial charge in [0.25, 0.3) is 5.91 Å². The van der Waals surface area contributed by atoms with E-state index in [0.717, 1.165) is 20.8 Å². The molecule has 0 aliphatic heterocycles. The molecule has 0 unspecified atom stereocenters. The van der Waals surface area contributed by atoms with Crippen LogP contribution < -0.4 is 5.32 Å². The summed E-state index contributed by atoms with van der Waals surface area (Å²) >= 11 is 0. The first kappa shape index (κ1) is 18.2. The van der Waals surface area contributed by atoms with Crippen molar-refractivity contribution in [3.05, 3.63) is 65.9 Å². The summed E-state index contributed by atoms with van der Waals surface area (Å²) in [6.07, 6.45) is 2.67. The van der Waals surface area contributed by atoms with Gasteiger partial charge >= 0.3 is 0 Å². The molecule has 2 N–H and O–H groups in total. The van der Waals surface area contributed by atoms with Crippen molar-refractivity contribution in [3.63, 3.8) is 0 Å². The van der Waals surface area contributed by atoms with E-state index in [4.69, 9.17) is 0 Å². The average Bonchev–Trinajstić information content (AvgIpc) is 3.05. The van der Waals surface area contributed by atoms with Crippen LogP contribution in [0.2, 0.25) is 0 Å². The molecule has 0 bridgehead atoms. The van der Waals surface area contributed by atoms with E-state index in [9.17, 15) is 13.2 Å². The lowest BCUT2D eigenvalue weighted by Gasteiger charge is -2.11. The number of amides is 1. The summed E-state index contributed by atoms with van der Waals surface area (Å²) in [6.45, 7) is 0.498. The van der Waals surface area contributed by atoms with E-state index in [0.29, 0.717) is 18.5 Å². The Hall–Kier alpha value is -2.64. The predicted octanol–water partition coefficient (Wildman–Crippen LogP) is 2.39. The summed E-state index contributed by atoms with van der Waals surface area (Å²) in [5, 5.41) is 4.02. The van der Waals surface area contributed by atoms with E-state index in [1.165, 1.54) is 38.4 Å². The van der Waals surface area contributed by atoms with Gasteiger partial charge in [0, 0.05) is 43.3 Å². The monoisotopic (exact) mass is 371 g/mol. The van der Waals surface area contributed by atoms with Crippen molar-refractivity contribution in [3.8, 4) is 0 Å². The van der Waals surface area contributed by atoms with Crippen molar-refractivity contribution in [2.75, 3.05) is 20.6 Å². The van der Waals surface area contributed by atoms with Gasteiger partial charge in [0.2, 0.25) is 10.0 Å². The molecule has 0 fully saturated rings. The molecule has 0 atom stereocenters. The summed E-state index contributed by atoms with van der Waals surface area (Å²) in [4.78, 5) is 15.6. The summed E-state index contributed by atoms with van der Waals surface area (Å²) in [6, 6.07) is 14.0. The van der Waals surface area contributed by atoms with E-state index in [1.54, 1.807) is 0 Å². The topological polar surface area (TPSA) is 82.3 Å². The molecule has 7 heteroatoms. The normalized spacial score (nSPS) is 11.8. The van der Waals surface area contributed by atoms with Crippen molar-refractivity contribution < 1.29 is 13.2 Å². The van der Waals surface area contributed by atoms with Crippen LogP contribution in [0, 0.1) is 0 Å². The second kappa shape index (κ2) is 7.31. The molecule has 26 heavy (non-hydrogen) atoms. The number of fused-ring (bicyclic) bond motifs is 1. The Morgan fingerprint density at radius 3 is 2.46 bits per heavy atom. The van der Waals surface area contributed by atoms with Crippen LogP contribution in [0.25, 0.3) is 10.9 Å². The molecular formula is C19H21N3O3S. The largest absolute Gasteiger partial charge is 0.361 e. The molecule has 0 aliphatic rings. The van der Waals surface area contributed by atoms with Gasteiger partial charge in [-0.2, -0.15) is 0 Å². The molecular weight excluding hydrogens is 350 g/mol. The zero-order chi connectivity index (χ0) is 18.7. The molecule has 0 aliphatic carbocycles. The quantitative estimate of drug-likeness (QED) is 0.698. The number of aromatic amines is 1. The first-order chi connectivity index (χ1) is 12.4. The fraction of sp³-hybridized carbons (Fsp3) is 0.211. The van der Waals surface area contributed by atoms with E-state index in [1.807, 2.05) is 30.5 Å². The highest BCUT2D eigenvalue weighted by molar-refractivity contribution is 7.89. The maximum absolute atomic E-state index is 12.3. The smallest absolute Gasteiger partial charge is 0.251 e. The van der Waals surface area contributed by atoms with E-state index in [-0.39, 0.29) is 10.8 Å². The zero-order valence-corrected chi connectivity index (χ0v) is 15.5. The highest BCUT2D eigenvalue weighted by Crippen LogP contribution is 2.18. The van der Waals surface area contributed by atoms with Gasteiger partial charge in [-0.1, -0.05) is 18.2 Å². The first-order valence-electron chi connectivity index (χ1n) is 8.25. The predicted molar refractivity (Wildman–Crippen MR) is 102 cm³/mol. The molecule has 1 heterocycles. The van der Waals surface area contributed by atoms with Crippen LogP contribution in [0.1, 0.15) is 15.9 Å². The van der Waals surface area contributed by atoms with Crippen LogP contribution in [0.4, 0.5) is 0 Å². The molecule has 0 saturated carbocycles. The SMILES string of the molecule is CN(C)S(=O)(=O)c1ccc(C(=O)NCCc2c[nH]c3ccccc23)cc1. The second-order valence-corrected chi connectivity index (χ2v) is 8.33. The molecule has 3 aromatic rings. The third-order valence-electron chi connectivity index (χ3n) is 4.25. The van der Waals surface area contributed by atoms with Crippen LogP contribution in [-0.4, -0.2) is 44.3 Å². The van der Waals surface area contributed by atoms with E-state index < -0.39 is 10.0 Å². The number of sulfonamides is 1. The van der Waals surface area contributed by atoms with Crippen molar-refractivity contribution in [2.45, 2.75) is 11.3 Å². The van der Waals surface area contributed by atoms with Crippen LogP contribution in [0.15, 0.2) is 59.6 Å². The molecule has 0 spiro atoms. The number of H-pyrrole nitrogens is 1. The van der Waals surface area contributed by atoms with Gasteiger partial charge in [-0.25, -0.2) is 12.7 Å². The van der Waals surface area contributed by atoms with Crippen LogP contribution >= 0.6 is 0 Å². The number of rotatable bonds is 6. The minimum absolute atomic E-state index is 0.165. The molecule has 1 amide bonds. The minimum atomic E-state index is -3.49. The summed E-state index contributed by atoms with van der Waals surface area (Å²) in [7, 11) is -0.543. The first-order valence-corrected chi connectivity index (χ1v) is 9.69. The lowest BCUT2D eigenvalue weighted by Crippen LogP contribution is -2.26. The van der Waals surface area contributed by atoms with Gasteiger partial charge in [-0.05, 0) is 42.3 Å². The Morgan fingerprint density at radius 2 is 1.77 bits per heavy atom. The maximum Gasteiger partial charge on any atom is 0.251 e. The molecule has 136 valence electrons. The number of benzene rings is 2. The lowest BCUT2D eigenvalue weighted by molar-refractivity contribution is 0.0954. The number of aromatic nitrogens is 1. The van der Waals surface area contributed by atoms with Crippen LogP contribution in [-0.2, 0) is 16.4 Å². The molecule has 0 radical (unpaired) electrons. The second-order valence-electron chi connectivity index (χ2n) is 6.18. The van der Waals surface area contributed by atoms with Gasteiger partial charge in [0.1, 0.15) is 0 Å². The fourth-order valence-electron chi connectivity index (χ4n) is 2.74. The van der Waals surface area contributed by atoms with Gasteiger partial charge < -0.3 is 10.3 Å². The van der Waals surface area contributed by atoms with Crippen molar-refractivity contribution in [1.82, 2.24) is 14.6 Å². The molecule has 3 rings (SSSR count). The maximum atomic E-state index is 12.3. The molecule has 2 aromatic carbocycles. The van der Waals surface area contributed by atoms with Gasteiger partial charge in [0.05, 0.1) is 4.90 Å². The Balaban J connectivity index is 1.62. The number of carbonyl (C=O) groups excluding carboxylic acids is 1. The van der Waals surface area contributed by atoms with E-state index in [2.05, 4.69) is 10.3 Å². The molecule has 1 aromatic heterocycles. The Morgan fingerprint density at radius 1 is 1.08 bits per heavy atom. The number of hydrogen-bond acceptors (Lipinski definition) is 3. The van der Waals surface area contributed by atoms with Crippen molar-refractivity contribution >= 4 is 26.8 Å². The number of nitrogens with one attached hydrogen (secondary N) is 2. The molecule has 0 saturated heterocycles. The Kier molecular flexibility index (Phi) is 5.11. The van der Waals surface area contributed by atoms with E-state index >= 15 is 0 Å². The number of para-hydroxylation sites is 1. The zero-order valence-electron chi connectivity index (χ0n) is 14.7. The van der Waals surface area contributed by atoms with Crippen molar-refractivity contribution in [1.29, 1.82) is 0 Å². The number of hydrogen-bond donors (Lipinski definition) is 2. The summed E-state index contributed by atoms with van der Waals surface area (Å²) in [5.74, 6) is -0.223. The summed E-state index contributed by atoms with van der Waals surface area (Å²) < 4.78 is 25.2. The van der Waals surface area contributed by atoms with Crippen molar-refractivity contribution in [2.24, 2.45) is 0 Å². The number of nitrogens with zero attached hydrogens (tertiary/aromatic N) is 1. The lowest BCUT2D eigenvalue weighted by atomic mass is 10.1. The van der Waals surface area contributed by atoms with Gasteiger partial charge in [0.15, 0.2) is 0 Å². The molecule has 6 nitrogen and oxygen atoms in total. The third kappa shape index (κ3) is 3.63. The fourth-order valence-corrected chi connectivity index (χ4v) is 3.64. The Bertz CT molecular complexity index is 1020.